The molecule has 0 bridgehead atoms. The van der Waals surface area contributed by atoms with Gasteiger partial charge in [-0.05, 0) is 60.5 Å². The molecule has 26 heavy (non-hydrogen) atoms. The van der Waals surface area contributed by atoms with Crippen LogP contribution in [0.3, 0.4) is 0 Å². The molecule has 8 heteroatoms. The van der Waals surface area contributed by atoms with Crippen LogP contribution in [0.1, 0.15) is 58.8 Å². The molecule has 0 amide bonds. The minimum absolute atomic E-state index is 0.0482. The van der Waals surface area contributed by atoms with Crippen molar-refractivity contribution in [2.24, 2.45) is 10.7 Å². The maximum absolute atomic E-state index is 9.00. The largest absolute Gasteiger partial charge is 0.481 e. The molecule has 2 rings (SSSR count). The molecule has 0 aliphatic carbocycles. The van der Waals surface area contributed by atoms with E-state index in [2.05, 4.69) is 53.3 Å². The molecule has 0 atom stereocenters. The van der Waals surface area contributed by atoms with Crippen molar-refractivity contribution in [1.29, 1.82) is 0 Å². The zero-order valence-electron chi connectivity index (χ0n) is 16.8. The van der Waals surface area contributed by atoms with Gasteiger partial charge in [0.1, 0.15) is 0 Å². The number of hydrogen-bond donors (Lipinski definition) is 4. The topological polar surface area (TPSA) is 126 Å². The second-order valence-electron chi connectivity index (χ2n) is 8.09. The first-order valence-electron chi connectivity index (χ1n) is 8.69. The van der Waals surface area contributed by atoms with E-state index in [1.54, 1.807) is 0 Å². The quantitative estimate of drug-likeness (QED) is 0.468. The average Bonchev–Trinajstić information content (AvgIpc) is 2.31. The van der Waals surface area contributed by atoms with Gasteiger partial charge < -0.3 is 16.2 Å². The number of carboxylic acids is 1. The molecule has 0 unspecified atom stereocenters. The van der Waals surface area contributed by atoms with E-state index in [1.807, 2.05) is 19.9 Å². The van der Waals surface area contributed by atoms with Crippen LogP contribution in [0.5, 0.6) is 0 Å². The number of aliphatic carboxylic acids is 1. The molecule has 2 heterocycles. The Morgan fingerprint density at radius 2 is 1.65 bits per heavy atom. The highest BCUT2D eigenvalue weighted by Crippen LogP contribution is 2.30. The van der Waals surface area contributed by atoms with Gasteiger partial charge in [0.05, 0.1) is 6.04 Å². The molecule has 1 aliphatic heterocycles. The summed E-state index contributed by atoms with van der Waals surface area (Å²) in [6.45, 7) is 13.8. The molecular formula is C18H32N6O2. The lowest BCUT2D eigenvalue weighted by Gasteiger charge is -2.45. The van der Waals surface area contributed by atoms with Gasteiger partial charge in [0, 0.05) is 29.4 Å². The van der Waals surface area contributed by atoms with Crippen molar-refractivity contribution in [3.05, 3.63) is 17.5 Å². The SMILES string of the molecule is CC(=O)O.Cc1cc(C)nc(NC(N)=NC2CC(C)(C)NC(C)(C)C2)n1. The number of nitrogens with zero attached hydrogens (tertiary/aromatic N) is 3. The van der Waals surface area contributed by atoms with E-state index in [9.17, 15) is 0 Å². The number of piperidine rings is 1. The summed E-state index contributed by atoms with van der Waals surface area (Å²) in [5.74, 6) is 0.0507. The summed E-state index contributed by atoms with van der Waals surface area (Å²) in [4.78, 5) is 22.3. The number of aliphatic imine (C=N–C) groups is 1. The Morgan fingerprint density at radius 1 is 1.23 bits per heavy atom. The molecule has 1 aromatic rings. The zero-order chi connectivity index (χ0) is 20.1. The van der Waals surface area contributed by atoms with E-state index in [1.165, 1.54) is 0 Å². The van der Waals surface area contributed by atoms with Crippen LogP contribution >= 0.6 is 0 Å². The molecule has 1 fully saturated rings. The molecule has 0 radical (unpaired) electrons. The lowest BCUT2D eigenvalue weighted by atomic mass is 9.80. The standard InChI is InChI=1S/C16H28N6.C2H4O2/c1-10-7-11(2)19-14(18-10)21-13(17)20-12-8-15(3,4)22-16(5,6)9-12;1-2(3)4/h7,12,22H,8-9H2,1-6H3,(H3,17,18,19,20,21);1H3,(H,3,4). The summed E-state index contributed by atoms with van der Waals surface area (Å²) in [5, 5.41) is 14.1. The number of carboxylic acid groups (broad SMARTS) is 1. The molecule has 0 aromatic carbocycles. The van der Waals surface area contributed by atoms with Gasteiger partial charge in [0.25, 0.3) is 5.97 Å². The smallest absolute Gasteiger partial charge is 0.300 e. The third-order valence-electron chi connectivity index (χ3n) is 3.71. The van der Waals surface area contributed by atoms with Gasteiger partial charge in [0.15, 0.2) is 5.96 Å². The Labute approximate surface area is 155 Å². The fourth-order valence-corrected chi connectivity index (χ4v) is 3.49. The number of nitrogens with two attached hydrogens (primary N) is 1. The van der Waals surface area contributed by atoms with Gasteiger partial charge in [0.2, 0.25) is 5.95 Å². The number of aryl methyl sites for hydroxylation is 2. The zero-order valence-corrected chi connectivity index (χ0v) is 16.8. The van der Waals surface area contributed by atoms with Crippen molar-refractivity contribution in [2.45, 2.75) is 78.4 Å². The maximum Gasteiger partial charge on any atom is 0.300 e. The third kappa shape index (κ3) is 8.24. The van der Waals surface area contributed by atoms with Gasteiger partial charge in [-0.1, -0.05) is 0 Å². The van der Waals surface area contributed by atoms with Crippen molar-refractivity contribution in [3.8, 4) is 0 Å². The lowest BCUT2D eigenvalue weighted by molar-refractivity contribution is -0.134. The van der Waals surface area contributed by atoms with Crippen LogP contribution in [-0.2, 0) is 4.79 Å². The molecular weight excluding hydrogens is 332 g/mol. The van der Waals surface area contributed by atoms with E-state index >= 15 is 0 Å². The van der Waals surface area contributed by atoms with Crippen LogP contribution in [0.25, 0.3) is 0 Å². The Bertz CT molecular complexity index is 629. The van der Waals surface area contributed by atoms with Crippen molar-refractivity contribution in [2.75, 3.05) is 5.32 Å². The predicted octanol–water partition coefficient (Wildman–Crippen LogP) is 2.22. The first-order chi connectivity index (χ1) is 11.8. The van der Waals surface area contributed by atoms with Gasteiger partial charge in [-0.15, -0.1) is 0 Å². The summed E-state index contributed by atoms with van der Waals surface area (Å²) < 4.78 is 0. The maximum atomic E-state index is 9.00. The highest BCUT2D eigenvalue weighted by molar-refractivity contribution is 5.90. The summed E-state index contributed by atoms with van der Waals surface area (Å²) in [5.41, 5.74) is 7.97. The molecule has 1 saturated heterocycles. The van der Waals surface area contributed by atoms with Crippen LogP contribution in [-0.4, -0.2) is 44.1 Å². The van der Waals surface area contributed by atoms with Crippen LogP contribution in [0, 0.1) is 13.8 Å². The van der Waals surface area contributed by atoms with Gasteiger partial charge in [-0.2, -0.15) is 0 Å². The van der Waals surface area contributed by atoms with Crippen LogP contribution in [0.2, 0.25) is 0 Å². The van der Waals surface area contributed by atoms with Crippen LogP contribution in [0.4, 0.5) is 5.95 Å². The second kappa shape index (κ2) is 8.44. The lowest BCUT2D eigenvalue weighted by Crippen LogP contribution is -2.59. The minimum Gasteiger partial charge on any atom is -0.481 e. The number of carbonyl (C=O) groups is 1. The van der Waals surface area contributed by atoms with Crippen LogP contribution < -0.4 is 16.4 Å². The Balaban J connectivity index is 0.000000765. The van der Waals surface area contributed by atoms with Crippen molar-refractivity contribution in [1.82, 2.24) is 15.3 Å². The van der Waals surface area contributed by atoms with Gasteiger partial charge >= 0.3 is 0 Å². The molecule has 0 saturated carbocycles. The van der Waals surface area contributed by atoms with E-state index in [0.29, 0.717) is 11.9 Å². The highest BCUT2D eigenvalue weighted by atomic mass is 16.4. The van der Waals surface area contributed by atoms with Crippen molar-refractivity contribution >= 4 is 17.9 Å². The van der Waals surface area contributed by atoms with Gasteiger partial charge in [-0.25, -0.2) is 15.0 Å². The number of anilines is 1. The summed E-state index contributed by atoms with van der Waals surface area (Å²) >= 11 is 0. The molecule has 8 nitrogen and oxygen atoms in total. The monoisotopic (exact) mass is 364 g/mol. The van der Waals surface area contributed by atoms with Crippen molar-refractivity contribution in [3.63, 3.8) is 0 Å². The second-order valence-corrected chi connectivity index (χ2v) is 8.09. The Morgan fingerprint density at radius 3 is 2.08 bits per heavy atom. The molecule has 146 valence electrons. The fraction of sp³-hybridized carbons (Fsp3) is 0.667. The first-order valence-corrected chi connectivity index (χ1v) is 8.69. The van der Waals surface area contributed by atoms with E-state index in [0.717, 1.165) is 31.2 Å². The average molecular weight is 364 g/mol. The van der Waals surface area contributed by atoms with E-state index in [-0.39, 0.29) is 17.1 Å². The van der Waals surface area contributed by atoms with Crippen LogP contribution in [0.15, 0.2) is 11.1 Å². The summed E-state index contributed by atoms with van der Waals surface area (Å²) in [6, 6.07) is 2.11. The molecule has 1 aromatic heterocycles. The number of hydrogen-bond acceptors (Lipinski definition) is 5. The Hall–Kier alpha value is -2.22. The summed E-state index contributed by atoms with van der Waals surface area (Å²) in [7, 11) is 0. The van der Waals surface area contributed by atoms with Gasteiger partial charge in [-0.3, -0.25) is 10.1 Å². The first kappa shape index (κ1) is 21.8. The molecule has 1 aliphatic rings. The number of guanidine groups is 1. The summed E-state index contributed by atoms with van der Waals surface area (Å²) in [6.07, 6.45) is 1.90. The number of aromatic nitrogens is 2. The molecule has 0 spiro atoms. The normalized spacial score (nSPS) is 19.3. The fourth-order valence-electron chi connectivity index (χ4n) is 3.49. The predicted molar refractivity (Wildman–Crippen MR) is 104 cm³/mol. The Kier molecular flexibility index (Phi) is 7.08. The number of rotatable bonds is 2. The number of nitrogens with one attached hydrogen (secondary N) is 2. The van der Waals surface area contributed by atoms with E-state index < -0.39 is 5.97 Å². The van der Waals surface area contributed by atoms with Crippen molar-refractivity contribution < 1.29 is 9.90 Å². The third-order valence-corrected chi connectivity index (χ3v) is 3.71. The minimum atomic E-state index is -0.833. The highest BCUT2D eigenvalue weighted by Gasteiger charge is 2.37. The van der Waals surface area contributed by atoms with E-state index in [4.69, 9.17) is 15.6 Å². The molecule has 5 N–H and O–H groups in total.